The molecule has 2 aromatic carbocycles. The number of halogens is 2. The zero-order valence-corrected chi connectivity index (χ0v) is 23.0. The molecule has 2 aromatic rings. The molecule has 0 radical (unpaired) electrons. The van der Waals surface area contributed by atoms with E-state index in [1.807, 2.05) is 30.3 Å². The Morgan fingerprint density at radius 2 is 1.54 bits per heavy atom. The number of likely N-dealkylation sites (tertiary alicyclic amines) is 1. The average Bonchev–Trinajstić information content (AvgIpc) is 3.28. The highest BCUT2D eigenvalue weighted by molar-refractivity contribution is 8.09. The van der Waals surface area contributed by atoms with Gasteiger partial charge in [-0.25, -0.2) is 16.8 Å². The van der Waals surface area contributed by atoms with Crippen molar-refractivity contribution in [3.05, 3.63) is 63.6 Å². The lowest BCUT2D eigenvalue weighted by Crippen LogP contribution is -2.40. The van der Waals surface area contributed by atoms with E-state index < -0.39 is 20.0 Å². The number of carbonyl (C=O) groups excluding carboxylic acids is 1. The van der Waals surface area contributed by atoms with Gasteiger partial charge in [0.15, 0.2) is 0 Å². The first-order valence-electron chi connectivity index (χ1n) is 11.0. The number of likely N-dealkylation sites (N-methyl/N-ethyl adjacent to an activating group) is 1. The number of anilines is 1. The number of amides is 1. The third kappa shape index (κ3) is 6.68. The maximum absolute atomic E-state index is 13.5. The Labute approximate surface area is 217 Å². The molecule has 1 heterocycles. The molecule has 0 aliphatic carbocycles. The molecule has 0 N–H and O–H groups in total. The van der Waals surface area contributed by atoms with Crippen LogP contribution in [0, 0.1) is 0 Å². The second-order valence-electron chi connectivity index (χ2n) is 8.71. The van der Waals surface area contributed by atoms with E-state index in [0.717, 1.165) is 44.0 Å². The average molecular weight is 563 g/mol. The summed E-state index contributed by atoms with van der Waals surface area (Å²) in [5.74, 6) is -0.320. The lowest BCUT2D eigenvalue weighted by Gasteiger charge is -2.32. The standard InChI is InChI=1S/C23H29Cl2N3O5S2/c1-26(20(16-27-13-7-8-14-27)17-9-5-4-6-10-17)21(29)15-18-11-12-19(24)22(25)23(18)28(34(2,30)31)35(3,32)33/h4-6,9-12,20H,7-8,13-16H2,1-3H3/t20-/m1/s1. The summed E-state index contributed by atoms with van der Waals surface area (Å²) in [6.07, 6.45) is 3.46. The van der Waals surface area contributed by atoms with E-state index in [1.165, 1.54) is 12.1 Å². The molecule has 0 unspecified atom stereocenters. The van der Waals surface area contributed by atoms with Crippen molar-refractivity contribution in [3.8, 4) is 0 Å². The summed E-state index contributed by atoms with van der Waals surface area (Å²) in [6.45, 7) is 2.57. The van der Waals surface area contributed by atoms with Gasteiger partial charge >= 0.3 is 0 Å². The molecule has 35 heavy (non-hydrogen) atoms. The van der Waals surface area contributed by atoms with Crippen LogP contribution in [0.3, 0.4) is 0 Å². The molecule has 0 bridgehead atoms. The van der Waals surface area contributed by atoms with Crippen molar-refractivity contribution >= 4 is 54.8 Å². The van der Waals surface area contributed by atoms with Crippen molar-refractivity contribution < 1.29 is 21.6 Å². The summed E-state index contributed by atoms with van der Waals surface area (Å²) in [6, 6.07) is 12.3. The predicted octanol–water partition coefficient (Wildman–Crippen LogP) is 3.56. The smallest absolute Gasteiger partial charge is 0.245 e. The van der Waals surface area contributed by atoms with Crippen molar-refractivity contribution in [1.82, 2.24) is 9.80 Å². The van der Waals surface area contributed by atoms with Gasteiger partial charge in [0.25, 0.3) is 0 Å². The van der Waals surface area contributed by atoms with E-state index >= 15 is 0 Å². The van der Waals surface area contributed by atoms with Crippen LogP contribution in [0.15, 0.2) is 42.5 Å². The molecule has 192 valence electrons. The van der Waals surface area contributed by atoms with Gasteiger partial charge in [0.2, 0.25) is 26.0 Å². The second kappa shape index (κ2) is 11.0. The highest BCUT2D eigenvalue weighted by Gasteiger charge is 2.34. The Hall–Kier alpha value is -1.85. The Morgan fingerprint density at radius 1 is 0.971 bits per heavy atom. The molecule has 1 atom stereocenters. The lowest BCUT2D eigenvalue weighted by molar-refractivity contribution is -0.131. The predicted molar refractivity (Wildman–Crippen MR) is 140 cm³/mol. The Balaban J connectivity index is 2.00. The molecule has 1 amide bonds. The second-order valence-corrected chi connectivity index (χ2v) is 13.4. The van der Waals surface area contributed by atoms with E-state index in [2.05, 4.69) is 4.90 Å². The zero-order chi connectivity index (χ0) is 26.0. The van der Waals surface area contributed by atoms with E-state index in [0.29, 0.717) is 6.54 Å². The fraction of sp³-hybridized carbons (Fsp3) is 0.435. The van der Waals surface area contributed by atoms with Crippen LogP contribution in [0.1, 0.15) is 30.0 Å². The van der Waals surface area contributed by atoms with Crippen LogP contribution in [-0.4, -0.2) is 71.7 Å². The minimum absolute atomic E-state index is 0.0280. The molecular weight excluding hydrogens is 533 g/mol. The van der Waals surface area contributed by atoms with E-state index in [-0.39, 0.29) is 43.4 Å². The van der Waals surface area contributed by atoms with Crippen LogP contribution < -0.4 is 3.71 Å². The van der Waals surface area contributed by atoms with Crippen LogP contribution in [0.4, 0.5) is 5.69 Å². The van der Waals surface area contributed by atoms with Crippen molar-refractivity contribution in [2.45, 2.75) is 25.3 Å². The Morgan fingerprint density at radius 3 is 2.09 bits per heavy atom. The highest BCUT2D eigenvalue weighted by Crippen LogP contribution is 2.39. The third-order valence-electron chi connectivity index (χ3n) is 5.95. The molecule has 0 saturated carbocycles. The molecule has 1 saturated heterocycles. The summed E-state index contributed by atoms with van der Waals surface area (Å²) in [5.41, 5.74) is 0.778. The fourth-order valence-electron chi connectivity index (χ4n) is 4.30. The molecule has 1 aliphatic heterocycles. The van der Waals surface area contributed by atoms with Crippen LogP contribution in [-0.2, 0) is 31.3 Å². The number of hydrogen-bond donors (Lipinski definition) is 0. The van der Waals surface area contributed by atoms with Crippen LogP contribution in [0.5, 0.6) is 0 Å². The zero-order valence-electron chi connectivity index (χ0n) is 19.8. The topological polar surface area (TPSA) is 95.1 Å². The maximum atomic E-state index is 13.5. The Bertz CT molecular complexity index is 1250. The summed E-state index contributed by atoms with van der Waals surface area (Å²) in [4.78, 5) is 17.4. The first-order chi connectivity index (χ1) is 16.3. The van der Waals surface area contributed by atoms with Crippen molar-refractivity contribution in [3.63, 3.8) is 0 Å². The summed E-state index contributed by atoms with van der Waals surface area (Å²) in [5, 5.41) is -0.285. The first-order valence-corrected chi connectivity index (χ1v) is 15.5. The highest BCUT2D eigenvalue weighted by atomic mass is 35.5. The molecule has 12 heteroatoms. The summed E-state index contributed by atoms with van der Waals surface area (Å²) in [7, 11) is -6.90. The molecule has 1 aliphatic rings. The van der Waals surface area contributed by atoms with Gasteiger partial charge < -0.3 is 9.80 Å². The molecule has 1 fully saturated rings. The quantitative estimate of drug-likeness (QED) is 0.464. The van der Waals surface area contributed by atoms with Gasteiger partial charge in [-0.2, -0.15) is 3.71 Å². The molecular formula is C23H29Cl2N3O5S2. The van der Waals surface area contributed by atoms with Crippen molar-refractivity contribution in [2.75, 3.05) is 42.9 Å². The minimum atomic E-state index is -4.30. The normalized spacial score (nSPS) is 15.7. The number of nitrogens with zero attached hydrogens (tertiary/aromatic N) is 3. The number of hydrogen-bond acceptors (Lipinski definition) is 6. The number of rotatable bonds is 9. The number of sulfonamides is 2. The van der Waals surface area contributed by atoms with Gasteiger partial charge in [0, 0.05) is 13.6 Å². The van der Waals surface area contributed by atoms with Gasteiger partial charge in [-0.3, -0.25) is 4.79 Å². The van der Waals surface area contributed by atoms with E-state index in [1.54, 1.807) is 11.9 Å². The first kappa shape index (κ1) is 27.7. The summed E-state index contributed by atoms with van der Waals surface area (Å²) < 4.78 is 50.0. The SMILES string of the molecule is CN(C(=O)Cc1ccc(Cl)c(Cl)c1N(S(C)(=O)=O)S(C)(=O)=O)[C@H](CN1CCCC1)c1ccccc1. The molecule has 0 spiro atoms. The lowest BCUT2D eigenvalue weighted by atomic mass is 10.0. The fourth-order valence-corrected chi connectivity index (χ4v) is 7.86. The monoisotopic (exact) mass is 561 g/mol. The molecule has 3 rings (SSSR count). The van der Waals surface area contributed by atoms with Crippen LogP contribution in [0.25, 0.3) is 0 Å². The minimum Gasteiger partial charge on any atom is -0.337 e. The van der Waals surface area contributed by atoms with Gasteiger partial charge in [-0.05, 0) is 43.1 Å². The van der Waals surface area contributed by atoms with E-state index in [9.17, 15) is 21.6 Å². The van der Waals surface area contributed by atoms with Crippen molar-refractivity contribution in [1.29, 1.82) is 0 Å². The third-order valence-corrected chi connectivity index (χ3v) is 9.94. The largest absolute Gasteiger partial charge is 0.337 e. The maximum Gasteiger partial charge on any atom is 0.245 e. The summed E-state index contributed by atoms with van der Waals surface area (Å²) >= 11 is 12.4. The van der Waals surface area contributed by atoms with Gasteiger partial charge in [0.1, 0.15) is 0 Å². The number of carbonyl (C=O) groups is 1. The van der Waals surface area contributed by atoms with Gasteiger partial charge in [-0.15, -0.1) is 0 Å². The number of benzene rings is 2. The van der Waals surface area contributed by atoms with E-state index in [4.69, 9.17) is 23.2 Å². The van der Waals surface area contributed by atoms with Crippen LogP contribution in [0.2, 0.25) is 10.0 Å². The van der Waals surface area contributed by atoms with Gasteiger partial charge in [-0.1, -0.05) is 59.6 Å². The van der Waals surface area contributed by atoms with Crippen LogP contribution >= 0.6 is 23.2 Å². The van der Waals surface area contributed by atoms with Crippen molar-refractivity contribution in [2.24, 2.45) is 0 Å². The molecule has 0 aromatic heterocycles. The molecule has 8 nitrogen and oxygen atoms in total. The Kier molecular flexibility index (Phi) is 8.75. The van der Waals surface area contributed by atoms with Gasteiger partial charge in [0.05, 0.1) is 40.7 Å².